The first-order valence-electron chi connectivity index (χ1n) is 9.23. The monoisotopic (exact) mass is 352 g/mol. The molecule has 1 aromatic heterocycles. The molecule has 0 atom stereocenters. The van der Waals surface area contributed by atoms with E-state index in [2.05, 4.69) is 40.5 Å². The molecule has 6 heteroatoms. The highest BCUT2D eigenvalue weighted by molar-refractivity contribution is 7.99. The van der Waals surface area contributed by atoms with Crippen LogP contribution in [0.25, 0.3) is 0 Å². The van der Waals surface area contributed by atoms with Gasteiger partial charge in [-0.05, 0) is 39.7 Å². The summed E-state index contributed by atoms with van der Waals surface area (Å²) in [7, 11) is 0. The number of amides is 1. The summed E-state index contributed by atoms with van der Waals surface area (Å²) in [5, 5.41) is 4.18. The molecule has 1 aliphatic rings. The number of aromatic nitrogens is 2. The van der Waals surface area contributed by atoms with E-state index in [1.165, 1.54) is 5.69 Å². The maximum absolute atomic E-state index is 12.3. The van der Waals surface area contributed by atoms with Gasteiger partial charge in [-0.2, -0.15) is 0 Å². The van der Waals surface area contributed by atoms with Crippen molar-refractivity contribution in [3.63, 3.8) is 0 Å². The lowest BCUT2D eigenvalue weighted by molar-refractivity contribution is -0.119. The van der Waals surface area contributed by atoms with Crippen molar-refractivity contribution in [2.24, 2.45) is 0 Å². The van der Waals surface area contributed by atoms with Crippen molar-refractivity contribution in [3.8, 4) is 0 Å². The van der Waals surface area contributed by atoms with E-state index in [4.69, 9.17) is 0 Å². The van der Waals surface area contributed by atoms with Gasteiger partial charge in [0.15, 0.2) is 5.16 Å². The standard InChI is InChI=1S/C18H32N4OS/c1-5-7-10-22-15(4)14(3)19-18(22)24-13-17(23)20-16-8-11-21(6-2)12-9-16/h16H,5-13H2,1-4H3,(H,20,23). The Morgan fingerprint density at radius 3 is 2.62 bits per heavy atom. The van der Waals surface area contributed by atoms with Crippen LogP contribution in [0.2, 0.25) is 0 Å². The molecule has 5 nitrogen and oxygen atoms in total. The summed E-state index contributed by atoms with van der Waals surface area (Å²) in [5.41, 5.74) is 2.29. The molecule has 2 rings (SSSR count). The molecule has 0 spiro atoms. The van der Waals surface area contributed by atoms with Crippen LogP contribution in [-0.4, -0.2) is 51.8 Å². The van der Waals surface area contributed by atoms with Crippen LogP contribution < -0.4 is 5.32 Å². The fourth-order valence-corrected chi connectivity index (χ4v) is 4.04. The molecule has 1 fully saturated rings. The van der Waals surface area contributed by atoms with Crippen LogP contribution in [0.1, 0.15) is 50.9 Å². The molecule has 1 aliphatic heterocycles. The third-order valence-electron chi connectivity index (χ3n) is 4.89. The van der Waals surface area contributed by atoms with Crippen LogP contribution in [-0.2, 0) is 11.3 Å². The third kappa shape index (κ3) is 5.24. The Morgan fingerprint density at radius 1 is 1.29 bits per heavy atom. The molecule has 1 N–H and O–H groups in total. The number of carbonyl (C=O) groups excluding carboxylic acids is 1. The lowest BCUT2D eigenvalue weighted by atomic mass is 10.1. The highest BCUT2D eigenvalue weighted by atomic mass is 32.2. The molecule has 1 amide bonds. The second-order valence-electron chi connectivity index (χ2n) is 6.64. The minimum absolute atomic E-state index is 0.135. The molecule has 0 aliphatic carbocycles. The normalized spacial score (nSPS) is 16.5. The van der Waals surface area contributed by atoms with E-state index in [0.717, 1.165) is 62.7 Å². The number of piperidine rings is 1. The van der Waals surface area contributed by atoms with Crippen LogP contribution in [0.5, 0.6) is 0 Å². The van der Waals surface area contributed by atoms with Crippen LogP contribution in [0.3, 0.4) is 0 Å². The Kier molecular flexibility index (Phi) is 7.62. The molecular formula is C18H32N4OS. The summed E-state index contributed by atoms with van der Waals surface area (Å²) in [4.78, 5) is 19.4. The molecule has 136 valence electrons. The summed E-state index contributed by atoms with van der Waals surface area (Å²) in [6, 6.07) is 0.337. The van der Waals surface area contributed by atoms with Crippen molar-refractivity contribution < 1.29 is 4.79 Å². The summed E-state index contributed by atoms with van der Waals surface area (Å²) in [6.07, 6.45) is 4.44. The quantitative estimate of drug-likeness (QED) is 0.731. The number of thioether (sulfide) groups is 1. The maximum atomic E-state index is 12.3. The number of likely N-dealkylation sites (tertiary alicyclic amines) is 1. The predicted octanol–water partition coefficient (Wildman–Crippen LogP) is 2.99. The van der Waals surface area contributed by atoms with Gasteiger partial charge in [-0.1, -0.05) is 32.0 Å². The third-order valence-corrected chi connectivity index (χ3v) is 5.87. The van der Waals surface area contributed by atoms with Crippen molar-refractivity contribution in [3.05, 3.63) is 11.4 Å². The lowest BCUT2D eigenvalue weighted by Crippen LogP contribution is -2.45. The number of rotatable bonds is 8. The number of imidazole rings is 1. The average Bonchev–Trinajstić information content (AvgIpc) is 2.86. The van der Waals surface area contributed by atoms with Gasteiger partial charge in [0.2, 0.25) is 5.91 Å². The molecule has 24 heavy (non-hydrogen) atoms. The Bertz CT molecular complexity index is 535. The lowest BCUT2D eigenvalue weighted by Gasteiger charge is -2.31. The molecule has 0 bridgehead atoms. The van der Waals surface area contributed by atoms with Gasteiger partial charge in [-0.15, -0.1) is 0 Å². The number of hydrogen-bond donors (Lipinski definition) is 1. The number of carbonyl (C=O) groups is 1. The topological polar surface area (TPSA) is 50.2 Å². The first-order valence-corrected chi connectivity index (χ1v) is 10.2. The first kappa shape index (κ1) is 19.3. The van der Waals surface area contributed by atoms with Crippen molar-refractivity contribution in [2.45, 2.75) is 71.1 Å². The zero-order chi connectivity index (χ0) is 17.5. The minimum atomic E-state index is 0.135. The van der Waals surface area contributed by atoms with E-state index in [0.29, 0.717) is 11.8 Å². The predicted molar refractivity (Wildman–Crippen MR) is 101 cm³/mol. The molecule has 1 aromatic rings. The zero-order valence-corrected chi connectivity index (χ0v) is 16.4. The fourth-order valence-electron chi connectivity index (χ4n) is 3.11. The zero-order valence-electron chi connectivity index (χ0n) is 15.6. The Labute approximate surface area is 150 Å². The van der Waals surface area contributed by atoms with Gasteiger partial charge in [-0.25, -0.2) is 4.98 Å². The van der Waals surface area contributed by atoms with Gasteiger partial charge in [0.05, 0.1) is 11.4 Å². The number of aryl methyl sites for hydroxylation is 1. The first-order chi connectivity index (χ1) is 11.5. The van der Waals surface area contributed by atoms with Crippen molar-refractivity contribution in [2.75, 3.05) is 25.4 Å². The van der Waals surface area contributed by atoms with Gasteiger partial charge < -0.3 is 14.8 Å². The van der Waals surface area contributed by atoms with Crippen LogP contribution in [0, 0.1) is 13.8 Å². The molecule has 0 unspecified atom stereocenters. The highest BCUT2D eigenvalue weighted by Crippen LogP contribution is 2.22. The van der Waals surface area contributed by atoms with E-state index in [-0.39, 0.29) is 5.91 Å². The van der Waals surface area contributed by atoms with E-state index in [9.17, 15) is 4.79 Å². The largest absolute Gasteiger partial charge is 0.353 e. The van der Waals surface area contributed by atoms with Crippen LogP contribution in [0.4, 0.5) is 0 Å². The molecule has 0 saturated carbocycles. The number of nitrogens with zero attached hydrogens (tertiary/aromatic N) is 3. The van der Waals surface area contributed by atoms with Crippen LogP contribution in [0.15, 0.2) is 5.16 Å². The summed E-state index contributed by atoms with van der Waals surface area (Å²) < 4.78 is 2.26. The van der Waals surface area contributed by atoms with Gasteiger partial charge in [0.25, 0.3) is 0 Å². The highest BCUT2D eigenvalue weighted by Gasteiger charge is 2.20. The maximum Gasteiger partial charge on any atom is 0.230 e. The summed E-state index contributed by atoms with van der Waals surface area (Å²) in [6.45, 7) is 12.8. The Balaban J connectivity index is 1.82. The van der Waals surface area contributed by atoms with E-state index < -0.39 is 0 Å². The molecule has 0 radical (unpaired) electrons. The van der Waals surface area contributed by atoms with Gasteiger partial charge in [0.1, 0.15) is 0 Å². The van der Waals surface area contributed by atoms with Gasteiger partial charge in [-0.3, -0.25) is 4.79 Å². The van der Waals surface area contributed by atoms with Crippen molar-refractivity contribution in [1.82, 2.24) is 19.8 Å². The number of unbranched alkanes of at least 4 members (excludes halogenated alkanes) is 1. The van der Waals surface area contributed by atoms with Crippen molar-refractivity contribution >= 4 is 17.7 Å². The van der Waals surface area contributed by atoms with Gasteiger partial charge in [0, 0.05) is 31.4 Å². The Morgan fingerprint density at radius 2 is 2.00 bits per heavy atom. The fraction of sp³-hybridized carbons (Fsp3) is 0.778. The average molecular weight is 353 g/mol. The smallest absolute Gasteiger partial charge is 0.230 e. The van der Waals surface area contributed by atoms with Crippen LogP contribution >= 0.6 is 11.8 Å². The van der Waals surface area contributed by atoms with E-state index >= 15 is 0 Å². The SMILES string of the molecule is CCCCn1c(SCC(=O)NC2CCN(CC)CC2)nc(C)c1C. The molecule has 2 heterocycles. The summed E-state index contributed by atoms with van der Waals surface area (Å²) in [5.74, 6) is 0.589. The number of nitrogens with one attached hydrogen (secondary N) is 1. The minimum Gasteiger partial charge on any atom is -0.353 e. The molecular weight excluding hydrogens is 320 g/mol. The van der Waals surface area contributed by atoms with Crippen molar-refractivity contribution in [1.29, 1.82) is 0 Å². The second kappa shape index (κ2) is 9.47. The summed E-state index contributed by atoms with van der Waals surface area (Å²) >= 11 is 1.56. The Hall–Kier alpha value is -1.01. The number of hydrogen-bond acceptors (Lipinski definition) is 4. The van der Waals surface area contributed by atoms with E-state index in [1.807, 2.05) is 6.92 Å². The molecule has 1 saturated heterocycles. The second-order valence-corrected chi connectivity index (χ2v) is 7.58. The van der Waals surface area contributed by atoms with E-state index in [1.54, 1.807) is 11.8 Å². The van der Waals surface area contributed by atoms with Gasteiger partial charge >= 0.3 is 0 Å². The molecule has 0 aromatic carbocycles.